The van der Waals surface area contributed by atoms with Crippen LogP contribution in [0, 0.1) is 13.8 Å². The van der Waals surface area contributed by atoms with Crippen molar-refractivity contribution in [1.82, 2.24) is 0 Å². The van der Waals surface area contributed by atoms with Crippen LogP contribution in [0.5, 0.6) is 0 Å². The second-order valence-electron chi connectivity index (χ2n) is 10.7. The van der Waals surface area contributed by atoms with E-state index in [0.717, 1.165) is 22.3 Å². The minimum absolute atomic E-state index is 0.00800. The van der Waals surface area contributed by atoms with E-state index in [1.807, 2.05) is 105 Å². The van der Waals surface area contributed by atoms with Gasteiger partial charge < -0.3 is 4.90 Å². The summed E-state index contributed by atoms with van der Waals surface area (Å²) in [5, 5.41) is 0.596. The van der Waals surface area contributed by atoms with Crippen LogP contribution in [0.3, 0.4) is 0 Å². The van der Waals surface area contributed by atoms with Crippen molar-refractivity contribution in [3.05, 3.63) is 154 Å². The van der Waals surface area contributed by atoms with Gasteiger partial charge in [-0.25, -0.2) is 8.42 Å². The lowest BCUT2D eigenvalue weighted by Crippen LogP contribution is -2.49. The quantitative estimate of drug-likeness (QED) is 0.203. The smallest absolute Gasteiger partial charge is 0.262 e. The molecule has 0 aliphatic carbocycles. The zero-order chi connectivity index (χ0) is 30.1. The summed E-state index contributed by atoms with van der Waals surface area (Å²) >= 11 is 6.27. The molecular weight excluding hydrogens is 578 g/mol. The molecule has 0 saturated carbocycles. The van der Waals surface area contributed by atoms with Crippen LogP contribution in [0.4, 0.5) is 17.1 Å². The molecule has 1 aliphatic heterocycles. The molecule has 0 fully saturated rings. The molecule has 43 heavy (non-hydrogen) atoms. The first kappa shape index (κ1) is 28.5. The molecule has 0 unspecified atom stereocenters. The van der Waals surface area contributed by atoms with Crippen LogP contribution in [-0.4, -0.2) is 14.3 Å². The summed E-state index contributed by atoms with van der Waals surface area (Å²) in [6.07, 6.45) is -0.520. The van der Waals surface area contributed by atoms with Crippen LogP contribution in [0.2, 0.25) is 5.02 Å². The van der Waals surface area contributed by atoms with Gasteiger partial charge in [-0.2, -0.15) is 0 Å². The number of rotatable bonds is 7. The largest absolute Gasteiger partial charge is 0.342 e. The van der Waals surface area contributed by atoms with Gasteiger partial charge in [0.1, 0.15) is 6.17 Å². The lowest BCUT2D eigenvalue weighted by molar-refractivity contribution is 0.0968. The number of nitrogens with one attached hydrogen (secondary N) is 1. The lowest BCUT2D eigenvalue weighted by Gasteiger charge is -2.46. The molecule has 1 aliphatic rings. The van der Waals surface area contributed by atoms with Crippen molar-refractivity contribution in [1.29, 1.82) is 0 Å². The molecule has 216 valence electrons. The van der Waals surface area contributed by atoms with Crippen LogP contribution < -0.4 is 14.5 Å². The first-order valence-corrected chi connectivity index (χ1v) is 15.8. The van der Waals surface area contributed by atoms with E-state index in [2.05, 4.69) is 9.62 Å². The Balaban J connectivity index is 1.52. The molecule has 5 aromatic rings. The minimum atomic E-state index is -3.97. The Morgan fingerprint density at radius 1 is 0.767 bits per heavy atom. The number of anilines is 3. The van der Waals surface area contributed by atoms with Crippen molar-refractivity contribution in [3.8, 4) is 0 Å². The van der Waals surface area contributed by atoms with Crippen molar-refractivity contribution < 1.29 is 13.2 Å². The van der Waals surface area contributed by atoms with Gasteiger partial charge in [-0.15, -0.1) is 0 Å². The Morgan fingerprint density at radius 2 is 1.40 bits per heavy atom. The van der Waals surface area contributed by atoms with Crippen molar-refractivity contribution in [3.63, 3.8) is 0 Å². The number of amides is 1. The molecule has 0 spiro atoms. The summed E-state index contributed by atoms with van der Waals surface area (Å²) in [6, 6.07) is 37.1. The van der Waals surface area contributed by atoms with Crippen LogP contribution in [0.15, 0.2) is 126 Å². The Hall–Kier alpha value is -4.59. The van der Waals surface area contributed by atoms with E-state index in [-0.39, 0.29) is 10.8 Å². The summed E-state index contributed by atoms with van der Waals surface area (Å²) < 4.78 is 29.6. The van der Waals surface area contributed by atoms with Crippen molar-refractivity contribution in [2.45, 2.75) is 31.5 Å². The first-order chi connectivity index (χ1) is 20.7. The molecule has 1 atom stereocenters. The molecule has 5 aromatic carbocycles. The van der Waals surface area contributed by atoms with Gasteiger partial charge in [-0.3, -0.25) is 14.4 Å². The highest BCUT2D eigenvalue weighted by Gasteiger charge is 2.40. The van der Waals surface area contributed by atoms with Gasteiger partial charge in [-0.1, -0.05) is 89.5 Å². The third-order valence-corrected chi connectivity index (χ3v) is 9.19. The van der Waals surface area contributed by atoms with Crippen molar-refractivity contribution in [2.24, 2.45) is 0 Å². The fraction of sp³-hybridized carbons (Fsp3) is 0.114. The number of hydrogen-bond acceptors (Lipinski definition) is 4. The highest BCUT2D eigenvalue weighted by atomic mass is 35.5. The molecule has 1 heterocycles. The van der Waals surface area contributed by atoms with E-state index in [9.17, 15) is 13.2 Å². The summed E-state index contributed by atoms with van der Waals surface area (Å²) in [6.45, 7) is 4.41. The van der Waals surface area contributed by atoms with Crippen LogP contribution in [0.25, 0.3) is 0 Å². The topological polar surface area (TPSA) is 69.7 Å². The number of halogens is 1. The number of carbonyl (C=O) groups excluding carboxylic acids is 1. The second-order valence-corrected chi connectivity index (χ2v) is 12.8. The maximum absolute atomic E-state index is 14.5. The SMILES string of the molecule is Cc1ccc(NS(=O)(=O)c2ccc3c(c2)C(=O)N(c2ccc(C)cc2)[C@H](c2ccc(Cl)cc2)N3Cc2ccccc2)cc1. The molecule has 0 saturated heterocycles. The highest BCUT2D eigenvalue weighted by Crippen LogP contribution is 2.43. The van der Waals surface area contributed by atoms with E-state index in [1.165, 1.54) is 6.07 Å². The number of fused-ring (bicyclic) bond motifs is 1. The molecule has 0 aromatic heterocycles. The molecule has 6 nitrogen and oxygen atoms in total. The zero-order valence-corrected chi connectivity index (χ0v) is 25.3. The van der Waals surface area contributed by atoms with E-state index in [1.54, 1.807) is 29.2 Å². The maximum atomic E-state index is 14.5. The summed E-state index contributed by atoms with van der Waals surface area (Å²) in [5.74, 6) is -0.296. The summed E-state index contributed by atoms with van der Waals surface area (Å²) in [5.41, 5.74) is 6.09. The van der Waals surface area contributed by atoms with Gasteiger partial charge in [0.15, 0.2) is 0 Å². The summed E-state index contributed by atoms with van der Waals surface area (Å²) in [4.78, 5) is 18.4. The lowest BCUT2D eigenvalue weighted by atomic mass is 9.99. The molecular formula is C35H30ClN3O3S. The van der Waals surface area contributed by atoms with Crippen molar-refractivity contribution >= 4 is 44.6 Å². The standard InChI is InChI=1S/C35H30ClN3O3S/c1-24-8-16-29(17-9-24)37-43(41,42)31-20-21-33-32(22-31)35(40)39(30-18-10-25(2)11-19-30)34(27-12-14-28(36)15-13-27)38(33)23-26-6-4-3-5-7-26/h3-22,34,37H,23H2,1-2H3/t34-/m1/s1. The predicted octanol–water partition coefficient (Wildman–Crippen LogP) is 8.12. The molecule has 6 rings (SSSR count). The van der Waals surface area contributed by atoms with Gasteiger partial charge >= 0.3 is 0 Å². The molecule has 0 bridgehead atoms. The first-order valence-electron chi connectivity index (χ1n) is 13.9. The van der Waals surface area contributed by atoms with Crippen LogP contribution in [-0.2, 0) is 16.6 Å². The average molecular weight is 608 g/mol. The Bertz CT molecular complexity index is 1880. The maximum Gasteiger partial charge on any atom is 0.262 e. The van der Waals surface area contributed by atoms with Gasteiger partial charge in [0.2, 0.25) is 0 Å². The predicted molar refractivity (Wildman–Crippen MR) is 173 cm³/mol. The molecule has 8 heteroatoms. The Morgan fingerprint density at radius 3 is 2.05 bits per heavy atom. The third-order valence-electron chi connectivity index (χ3n) is 7.56. The van der Waals surface area contributed by atoms with Gasteiger partial charge in [0, 0.05) is 22.9 Å². The summed E-state index contributed by atoms with van der Waals surface area (Å²) in [7, 11) is -3.97. The third kappa shape index (κ3) is 5.87. The Kier molecular flexibility index (Phi) is 7.69. The van der Waals surface area contributed by atoms with Crippen molar-refractivity contribution in [2.75, 3.05) is 14.5 Å². The molecule has 1 amide bonds. The second kappa shape index (κ2) is 11.6. The minimum Gasteiger partial charge on any atom is -0.342 e. The van der Waals surface area contributed by atoms with Crippen LogP contribution in [0.1, 0.15) is 38.8 Å². The number of aryl methyl sites for hydroxylation is 2. The van der Waals surface area contributed by atoms with E-state index in [0.29, 0.717) is 34.2 Å². The fourth-order valence-electron chi connectivity index (χ4n) is 5.33. The molecule has 1 N–H and O–H groups in total. The number of benzene rings is 5. The Labute approximate surface area is 257 Å². The normalized spacial score (nSPS) is 14.9. The van der Waals surface area contributed by atoms with Crippen LogP contribution >= 0.6 is 11.6 Å². The highest BCUT2D eigenvalue weighted by molar-refractivity contribution is 7.92. The number of carbonyl (C=O) groups is 1. The van der Waals surface area contributed by atoms with Gasteiger partial charge in [-0.05, 0) is 79.6 Å². The zero-order valence-electron chi connectivity index (χ0n) is 23.7. The fourth-order valence-corrected chi connectivity index (χ4v) is 6.54. The van der Waals surface area contributed by atoms with Gasteiger partial charge in [0.25, 0.3) is 15.9 Å². The van der Waals surface area contributed by atoms with E-state index >= 15 is 0 Å². The number of hydrogen-bond donors (Lipinski definition) is 1. The molecule has 0 radical (unpaired) electrons. The monoisotopic (exact) mass is 607 g/mol. The van der Waals surface area contributed by atoms with Gasteiger partial charge in [0.05, 0.1) is 16.1 Å². The number of sulfonamides is 1. The number of nitrogens with zero attached hydrogens (tertiary/aromatic N) is 2. The average Bonchev–Trinajstić information content (AvgIpc) is 3.01. The van der Waals surface area contributed by atoms with E-state index < -0.39 is 16.2 Å². The van der Waals surface area contributed by atoms with E-state index in [4.69, 9.17) is 11.6 Å².